The predicted octanol–water partition coefficient (Wildman–Crippen LogP) is 7.31. The largest absolute Gasteiger partial charge is 0.481 e. The second-order valence-electron chi connectivity index (χ2n) is 9.87. The molecule has 0 aromatic carbocycles. The van der Waals surface area contributed by atoms with Crippen LogP contribution in [0.5, 0.6) is 0 Å². The van der Waals surface area contributed by atoms with Crippen molar-refractivity contribution < 1.29 is 19.8 Å². The quantitative estimate of drug-likeness (QED) is 0.262. The first-order valence-corrected chi connectivity index (χ1v) is 12.3. The fraction of sp³-hybridized carbons (Fsp3) is 0.920. The molecular weight excluding hydrogens is 364 g/mol. The molecule has 1 rings (SSSR count). The SMILES string of the molecule is CCCCCCCCCCCC1CC(C(=O)O)CCC1(CCCC(C)C)C(=O)O. The lowest BCUT2D eigenvalue weighted by atomic mass is 9.59. The van der Waals surface area contributed by atoms with Gasteiger partial charge < -0.3 is 10.2 Å². The van der Waals surface area contributed by atoms with Crippen LogP contribution >= 0.6 is 0 Å². The molecule has 0 aliphatic heterocycles. The number of rotatable bonds is 16. The summed E-state index contributed by atoms with van der Waals surface area (Å²) < 4.78 is 0. The van der Waals surface area contributed by atoms with Crippen molar-refractivity contribution in [3.05, 3.63) is 0 Å². The summed E-state index contributed by atoms with van der Waals surface area (Å²) in [6.45, 7) is 6.59. The van der Waals surface area contributed by atoms with E-state index in [1.165, 1.54) is 44.9 Å². The van der Waals surface area contributed by atoms with E-state index in [4.69, 9.17) is 0 Å². The molecule has 0 aromatic heterocycles. The van der Waals surface area contributed by atoms with Crippen LogP contribution in [-0.4, -0.2) is 22.2 Å². The lowest BCUT2D eigenvalue weighted by molar-refractivity contribution is -0.161. The zero-order valence-corrected chi connectivity index (χ0v) is 19.3. The van der Waals surface area contributed by atoms with Crippen molar-refractivity contribution >= 4 is 11.9 Å². The topological polar surface area (TPSA) is 74.6 Å². The summed E-state index contributed by atoms with van der Waals surface area (Å²) in [5.74, 6) is -1.22. The Kier molecular flexibility index (Phi) is 12.6. The van der Waals surface area contributed by atoms with E-state index >= 15 is 0 Å². The Labute approximate surface area is 178 Å². The third-order valence-corrected chi connectivity index (χ3v) is 7.13. The molecule has 1 fully saturated rings. The first kappa shape index (κ1) is 26.0. The molecule has 0 spiro atoms. The maximum atomic E-state index is 12.4. The van der Waals surface area contributed by atoms with Gasteiger partial charge >= 0.3 is 11.9 Å². The molecule has 3 atom stereocenters. The molecule has 0 heterocycles. The van der Waals surface area contributed by atoms with Gasteiger partial charge in [-0.3, -0.25) is 9.59 Å². The number of carboxylic acids is 2. The summed E-state index contributed by atoms with van der Waals surface area (Å²) in [7, 11) is 0. The van der Waals surface area contributed by atoms with E-state index in [0.717, 1.165) is 32.1 Å². The molecule has 4 heteroatoms. The van der Waals surface area contributed by atoms with Gasteiger partial charge in [0.2, 0.25) is 0 Å². The summed E-state index contributed by atoms with van der Waals surface area (Å²) in [5.41, 5.74) is -0.707. The molecule has 1 aliphatic rings. The Balaban J connectivity index is 2.57. The molecule has 2 N–H and O–H groups in total. The van der Waals surface area contributed by atoms with Crippen LogP contribution in [-0.2, 0) is 9.59 Å². The van der Waals surface area contributed by atoms with E-state index in [-0.39, 0.29) is 11.8 Å². The van der Waals surface area contributed by atoms with Crippen LogP contribution in [0.1, 0.15) is 124 Å². The third kappa shape index (κ3) is 9.09. The Morgan fingerprint density at radius 1 is 0.931 bits per heavy atom. The summed E-state index contributed by atoms with van der Waals surface area (Å²) in [5, 5.41) is 19.6. The minimum atomic E-state index is -0.747. The van der Waals surface area contributed by atoms with Crippen molar-refractivity contribution in [3.63, 3.8) is 0 Å². The van der Waals surface area contributed by atoms with E-state index in [0.29, 0.717) is 31.6 Å². The lowest BCUT2D eigenvalue weighted by Gasteiger charge is -2.43. The van der Waals surface area contributed by atoms with E-state index in [9.17, 15) is 19.8 Å². The van der Waals surface area contributed by atoms with E-state index in [1.807, 2.05) is 0 Å². The standard InChI is InChI=1S/C25H46O4/c1-4-5-6-7-8-9-10-11-12-15-22-19-21(23(26)27)16-18-25(22,24(28)29)17-13-14-20(2)3/h20-22H,4-19H2,1-3H3,(H,26,27)(H,28,29). The van der Waals surface area contributed by atoms with Crippen molar-refractivity contribution in [2.75, 3.05) is 0 Å². The van der Waals surface area contributed by atoms with Gasteiger partial charge in [-0.2, -0.15) is 0 Å². The Hall–Kier alpha value is -1.06. The molecule has 4 nitrogen and oxygen atoms in total. The van der Waals surface area contributed by atoms with Gasteiger partial charge in [-0.1, -0.05) is 91.4 Å². The molecule has 0 radical (unpaired) electrons. The number of unbranched alkanes of at least 4 members (excludes halogenated alkanes) is 8. The number of carboxylic acid groups (broad SMARTS) is 2. The number of hydrogen-bond donors (Lipinski definition) is 2. The van der Waals surface area contributed by atoms with Crippen molar-refractivity contribution in [1.29, 1.82) is 0 Å². The van der Waals surface area contributed by atoms with Crippen molar-refractivity contribution in [2.45, 2.75) is 124 Å². The van der Waals surface area contributed by atoms with Crippen LogP contribution < -0.4 is 0 Å². The highest BCUT2D eigenvalue weighted by molar-refractivity contribution is 5.76. The van der Waals surface area contributed by atoms with Crippen molar-refractivity contribution in [2.24, 2.45) is 23.2 Å². The Morgan fingerprint density at radius 2 is 1.52 bits per heavy atom. The van der Waals surface area contributed by atoms with Gasteiger partial charge in [0.25, 0.3) is 0 Å². The summed E-state index contributed by atoms with van der Waals surface area (Å²) in [6.07, 6.45) is 16.4. The molecular formula is C25H46O4. The Bertz CT molecular complexity index is 473. The van der Waals surface area contributed by atoms with Gasteiger partial charge in [-0.05, 0) is 43.9 Å². The van der Waals surface area contributed by atoms with Gasteiger partial charge in [0, 0.05) is 0 Å². The van der Waals surface area contributed by atoms with Crippen LogP contribution in [0.25, 0.3) is 0 Å². The maximum absolute atomic E-state index is 12.4. The van der Waals surface area contributed by atoms with E-state index in [2.05, 4.69) is 20.8 Å². The lowest BCUT2D eigenvalue weighted by Crippen LogP contribution is -2.44. The van der Waals surface area contributed by atoms with Gasteiger partial charge in [-0.25, -0.2) is 0 Å². The normalized spacial score (nSPS) is 24.7. The fourth-order valence-electron chi connectivity index (χ4n) is 5.19. The molecule has 0 saturated heterocycles. The minimum Gasteiger partial charge on any atom is -0.481 e. The summed E-state index contributed by atoms with van der Waals surface area (Å²) in [4.78, 5) is 23.9. The average Bonchev–Trinajstić information content (AvgIpc) is 2.66. The highest BCUT2D eigenvalue weighted by Gasteiger charge is 2.49. The van der Waals surface area contributed by atoms with Crippen LogP contribution in [0, 0.1) is 23.2 Å². The van der Waals surface area contributed by atoms with Crippen LogP contribution in [0.15, 0.2) is 0 Å². The van der Waals surface area contributed by atoms with Gasteiger partial charge in [0.15, 0.2) is 0 Å². The first-order chi connectivity index (χ1) is 13.8. The summed E-state index contributed by atoms with van der Waals surface area (Å²) >= 11 is 0. The number of hydrogen-bond acceptors (Lipinski definition) is 2. The molecule has 0 amide bonds. The molecule has 0 bridgehead atoms. The van der Waals surface area contributed by atoms with Gasteiger partial charge in [0.1, 0.15) is 0 Å². The van der Waals surface area contributed by atoms with Crippen LogP contribution in [0.3, 0.4) is 0 Å². The average molecular weight is 411 g/mol. The molecule has 170 valence electrons. The molecule has 1 aliphatic carbocycles. The molecule has 0 aromatic rings. The highest BCUT2D eigenvalue weighted by Crippen LogP contribution is 2.49. The zero-order chi connectivity index (χ0) is 21.7. The second kappa shape index (κ2) is 14.0. The van der Waals surface area contributed by atoms with Crippen LogP contribution in [0.2, 0.25) is 0 Å². The minimum absolute atomic E-state index is 0.00608. The Morgan fingerprint density at radius 3 is 2.03 bits per heavy atom. The molecule has 29 heavy (non-hydrogen) atoms. The first-order valence-electron chi connectivity index (χ1n) is 12.3. The monoisotopic (exact) mass is 410 g/mol. The fourth-order valence-corrected chi connectivity index (χ4v) is 5.19. The number of carbonyl (C=O) groups is 2. The second-order valence-corrected chi connectivity index (χ2v) is 9.87. The summed E-state index contributed by atoms with van der Waals surface area (Å²) in [6, 6.07) is 0. The highest BCUT2D eigenvalue weighted by atomic mass is 16.4. The van der Waals surface area contributed by atoms with Crippen molar-refractivity contribution in [3.8, 4) is 0 Å². The smallest absolute Gasteiger partial charge is 0.309 e. The van der Waals surface area contributed by atoms with E-state index in [1.54, 1.807) is 0 Å². The van der Waals surface area contributed by atoms with Gasteiger partial charge in [-0.15, -0.1) is 0 Å². The number of aliphatic carboxylic acids is 2. The molecule has 1 saturated carbocycles. The zero-order valence-electron chi connectivity index (χ0n) is 19.3. The van der Waals surface area contributed by atoms with Crippen molar-refractivity contribution in [1.82, 2.24) is 0 Å². The van der Waals surface area contributed by atoms with Crippen LogP contribution in [0.4, 0.5) is 0 Å². The maximum Gasteiger partial charge on any atom is 0.309 e. The third-order valence-electron chi connectivity index (χ3n) is 7.13. The predicted molar refractivity (Wildman–Crippen MR) is 119 cm³/mol. The molecule has 3 unspecified atom stereocenters. The van der Waals surface area contributed by atoms with E-state index < -0.39 is 17.4 Å². The van der Waals surface area contributed by atoms with Gasteiger partial charge in [0.05, 0.1) is 11.3 Å².